The van der Waals surface area contributed by atoms with Gasteiger partial charge in [-0.3, -0.25) is 0 Å². The van der Waals surface area contributed by atoms with E-state index in [9.17, 15) is 14.7 Å². The van der Waals surface area contributed by atoms with Crippen LogP contribution in [-0.4, -0.2) is 5.97 Å². The van der Waals surface area contributed by atoms with Gasteiger partial charge < -0.3 is 19.1 Å². The van der Waals surface area contributed by atoms with Gasteiger partial charge in [0.15, 0.2) is 6.10 Å². The molecule has 1 atom stereocenters. The second-order valence-corrected chi connectivity index (χ2v) is 5.53. The Morgan fingerprint density at radius 1 is 1.08 bits per heavy atom. The van der Waals surface area contributed by atoms with E-state index in [0.717, 1.165) is 10.9 Å². The van der Waals surface area contributed by atoms with Gasteiger partial charge in [0, 0.05) is 17.0 Å². The monoisotopic (exact) mass is 323 g/mol. The Bertz CT molecular complexity index is 957. The lowest BCUT2D eigenvalue weighted by Crippen LogP contribution is -2.33. The van der Waals surface area contributed by atoms with Crippen LogP contribution in [0.1, 0.15) is 22.8 Å². The van der Waals surface area contributed by atoms with E-state index in [4.69, 9.17) is 9.15 Å². The van der Waals surface area contributed by atoms with E-state index in [2.05, 4.69) is 0 Å². The van der Waals surface area contributed by atoms with Crippen LogP contribution < -0.4 is 15.5 Å². The second-order valence-electron chi connectivity index (χ2n) is 5.53. The Hall–Kier alpha value is -3.08. The smallest absolute Gasteiger partial charge is 0.339 e. The molecule has 3 rings (SSSR count). The zero-order chi connectivity index (χ0) is 17.3. The van der Waals surface area contributed by atoms with Crippen molar-refractivity contribution in [1.82, 2.24) is 0 Å². The van der Waals surface area contributed by atoms with Crippen molar-refractivity contribution in [2.45, 2.75) is 20.0 Å². The van der Waals surface area contributed by atoms with Crippen LogP contribution in [0.3, 0.4) is 0 Å². The normalized spacial score (nSPS) is 12.1. The highest BCUT2D eigenvalue weighted by atomic mass is 16.5. The Balaban J connectivity index is 2.02. The van der Waals surface area contributed by atoms with Gasteiger partial charge in [0.2, 0.25) is 0 Å². The van der Waals surface area contributed by atoms with Gasteiger partial charge in [0.25, 0.3) is 0 Å². The molecule has 122 valence electrons. The molecule has 1 heterocycles. The predicted octanol–water partition coefficient (Wildman–Crippen LogP) is 2.28. The summed E-state index contributed by atoms with van der Waals surface area (Å²) in [5.41, 5.74) is 1.78. The van der Waals surface area contributed by atoms with E-state index >= 15 is 0 Å². The molecular weight excluding hydrogens is 308 g/mol. The number of ether oxygens (including phenoxy) is 1. The number of carbonyl (C=O) groups excluding carboxylic acids is 1. The van der Waals surface area contributed by atoms with Gasteiger partial charge in [-0.15, -0.1) is 0 Å². The Labute approximate surface area is 138 Å². The first-order chi connectivity index (χ1) is 11.5. The fourth-order valence-electron chi connectivity index (χ4n) is 2.52. The highest BCUT2D eigenvalue weighted by Gasteiger charge is 2.16. The summed E-state index contributed by atoms with van der Waals surface area (Å²) in [4.78, 5) is 23.2. The average molecular weight is 323 g/mol. The molecule has 2 aromatic carbocycles. The zero-order valence-corrected chi connectivity index (χ0v) is 13.2. The molecule has 1 aromatic heterocycles. The van der Waals surface area contributed by atoms with Crippen molar-refractivity contribution in [2.24, 2.45) is 0 Å². The summed E-state index contributed by atoms with van der Waals surface area (Å²) in [7, 11) is 0. The molecule has 0 radical (unpaired) electrons. The van der Waals surface area contributed by atoms with Crippen LogP contribution in [0.15, 0.2) is 57.7 Å². The summed E-state index contributed by atoms with van der Waals surface area (Å²) < 4.78 is 10.8. The second kappa shape index (κ2) is 6.20. The van der Waals surface area contributed by atoms with Gasteiger partial charge in [0.1, 0.15) is 11.3 Å². The van der Waals surface area contributed by atoms with E-state index in [1.165, 1.54) is 6.07 Å². The molecule has 5 nitrogen and oxygen atoms in total. The maximum Gasteiger partial charge on any atom is 0.339 e. The molecule has 0 bridgehead atoms. The molecule has 0 unspecified atom stereocenters. The Morgan fingerprint density at radius 3 is 2.46 bits per heavy atom. The van der Waals surface area contributed by atoms with E-state index in [1.807, 2.05) is 6.92 Å². The average Bonchev–Trinajstić information content (AvgIpc) is 2.58. The number of fused-ring (bicyclic) bond motifs is 1. The zero-order valence-electron chi connectivity index (χ0n) is 13.2. The highest BCUT2D eigenvalue weighted by molar-refractivity contribution is 5.82. The molecule has 0 N–H and O–H groups in total. The summed E-state index contributed by atoms with van der Waals surface area (Å²) >= 11 is 0. The first-order valence-corrected chi connectivity index (χ1v) is 7.44. The molecule has 24 heavy (non-hydrogen) atoms. The van der Waals surface area contributed by atoms with Crippen molar-refractivity contribution in [3.63, 3.8) is 0 Å². The third kappa shape index (κ3) is 2.88. The molecule has 5 heteroatoms. The minimum atomic E-state index is -1.34. The van der Waals surface area contributed by atoms with Crippen LogP contribution in [0.2, 0.25) is 0 Å². The van der Waals surface area contributed by atoms with Crippen molar-refractivity contribution in [3.05, 3.63) is 75.6 Å². The van der Waals surface area contributed by atoms with Crippen LogP contribution >= 0.6 is 0 Å². The van der Waals surface area contributed by atoms with Crippen molar-refractivity contribution in [3.8, 4) is 5.75 Å². The molecule has 0 saturated carbocycles. The summed E-state index contributed by atoms with van der Waals surface area (Å²) in [5, 5.41) is 12.2. The lowest BCUT2D eigenvalue weighted by molar-refractivity contribution is -0.314. The van der Waals surface area contributed by atoms with Gasteiger partial charge >= 0.3 is 5.63 Å². The molecule has 0 spiro atoms. The summed E-state index contributed by atoms with van der Waals surface area (Å²) in [5.74, 6) is -1.06. The van der Waals surface area contributed by atoms with Crippen LogP contribution in [-0.2, 0) is 4.79 Å². The fourth-order valence-corrected chi connectivity index (χ4v) is 2.52. The van der Waals surface area contributed by atoms with E-state index in [-0.39, 0.29) is 5.75 Å². The van der Waals surface area contributed by atoms with Crippen molar-refractivity contribution >= 4 is 16.9 Å². The summed E-state index contributed by atoms with van der Waals surface area (Å²) in [6.45, 7) is 3.54. The van der Waals surface area contributed by atoms with E-state index in [1.54, 1.807) is 49.4 Å². The molecule has 0 amide bonds. The first kappa shape index (κ1) is 15.8. The van der Waals surface area contributed by atoms with Crippen LogP contribution in [0.25, 0.3) is 11.0 Å². The third-order valence-electron chi connectivity index (χ3n) is 4.00. The summed E-state index contributed by atoms with van der Waals surface area (Å²) in [6, 6.07) is 13.4. The number of hydrogen-bond acceptors (Lipinski definition) is 5. The lowest BCUT2D eigenvalue weighted by atomic mass is 10.1. The van der Waals surface area contributed by atoms with Crippen LogP contribution in [0.5, 0.6) is 5.75 Å². The number of benzene rings is 2. The van der Waals surface area contributed by atoms with Gasteiger partial charge in [-0.05, 0) is 37.1 Å². The molecule has 0 aliphatic rings. The SMILES string of the molecule is Cc1c(C)c2ccc(O[C@H](C(=O)[O-])c3ccccc3)cc2oc1=O. The van der Waals surface area contributed by atoms with Crippen LogP contribution in [0, 0.1) is 13.8 Å². The molecular formula is C19H15O5-. The highest BCUT2D eigenvalue weighted by Crippen LogP contribution is 2.27. The van der Waals surface area contributed by atoms with Gasteiger partial charge in [-0.1, -0.05) is 30.3 Å². The van der Waals surface area contributed by atoms with E-state index in [0.29, 0.717) is 16.7 Å². The van der Waals surface area contributed by atoms with E-state index < -0.39 is 17.7 Å². The van der Waals surface area contributed by atoms with Crippen molar-refractivity contribution < 1.29 is 19.1 Å². The first-order valence-electron chi connectivity index (χ1n) is 7.44. The molecule has 0 aliphatic carbocycles. The number of aryl methyl sites for hydroxylation is 1. The molecule has 0 aliphatic heterocycles. The standard InChI is InChI=1S/C19H16O5/c1-11-12(2)19(22)24-16-10-14(8-9-15(11)16)23-17(18(20)21)13-6-4-3-5-7-13/h3-10,17H,1-2H3,(H,20,21)/p-1/t17-/m0/s1. The Morgan fingerprint density at radius 2 is 1.79 bits per heavy atom. The molecule has 3 aromatic rings. The number of rotatable bonds is 4. The number of carbonyl (C=O) groups is 1. The van der Waals surface area contributed by atoms with Gasteiger partial charge in [0.05, 0.1) is 5.97 Å². The third-order valence-corrected chi connectivity index (χ3v) is 4.00. The lowest BCUT2D eigenvalue weighted by Gasteiger charge is -2.20. The van der Waals surface area contributed by atoms with Crippen molar-refractivity contribution in [1.29, 1.82) is 0 Å². The number of carboxylic acids is 1. The minimum Gasteiger partial charge on any atom is -0.546 e. The maximum atomic E-state index is 11.8. The topological polar surface area (TPSA) is 79.6 Å². The molecule has 0 saturated heterocycles. The number of carboxylic acid groups (broad SMARTS) is 1. The predicted molar refractivity (Wildman–Crippen MR) is 86.8 cm³/mol. The molecule has 0 fully saturated rings. The largest absolute Gasteiger partial charge is 0.546 e. The number of aliphatic carboxylic acids is 1. The quantitative estimate of drug-likeness (QED) is 0.688. The van der Waals surface area contributed by atoms with Gasteiger partial charge in [-0.25, -0.2) is 4.79 Å². The maximum absolute atomic E-state index is 11.8. The Kier molecular flexibility index (Phi) is 4.08. The van der Waals surface area contributed by atoms with Crippen molar-refractivity contribution in [2.75, 3.05) is 0 Å². The summed E-state index contributed by atoms with van der Waals surface area (Å²) in [6.07, 6.45) is -1.25. The van der Waals surface area contributed by atoms with Crippen LogP contribution in [0.4, 0.5) is 0 Å². The van der Waals surface area contributed by atoms with Gasteiger partial charge in [-0.2, -0.15) is 0 Å². The number of hydrogen-bond donors (Lipinski definition) is 0. The fraction of sp³-hybridized carbons (Fsp3) is 0.158. The minimum absolute atomic E-state index is 0.284.